The average Bonchev–Trinajstić information content (AvgIpc) is 2.20. The Morgan fingerprint density at radius 1 is 1.25 bits per heavy atom. The first-order valence-corrected chi connectivity index (χ1v) is 5.96. The molecule has 16 heavy (non-hydrogen) atoms. The van der Waals surface area contributed by atoms with Crippen LogP contribution in [0.25, 0.3) is 0 Å². The van der Waals surface area contributed by atoms with Crippen LogP contribution in [-0.4, -0.2) is 38.8 Å². The second-order valence-electron chi connectivity index (χ2n) is 4.88. The first kappa shape index (κ1) is 15.4. The zero-order valence-corrected chi connectivity index (χ0v) is 11.2. The summed E-state index contributed by atoms with van der Waals surface area (Å²) >= 11 is 0. The Kier molecular flexibility index (Phi) is 8.21. The molecule has 0 fully saturated rings. The molecule has 0 aliphatic rings. The average molecular weight is 230 g/mol. The molecule has 0 heterocycles. The zero-order chi connectivity index (χ0) is 12.6. The SMILES string of the molecule is COCC(NCC(=O)NCC(C)C)C(C)C. The predicted molar refractivity (Wildman–Crippen MR) is 66.4 cm³/mol. The van der Waals surface area contributed by atoms with Gasteiger partial charge in [0, 0.05) is 19.7 Å². The van der Waals surface area contributed by atoms with Gasteiger partial charge in [0.15, 0.2) is 0 Å². The molecule has 0 spiro atoms. The van der Waals surface area contributed by atoms with E-state index in [2.05, 4.69) is 38.3 Å². The first-order valence-electron chi connectivity index (χ1n) is 5.96. The molecule has 0 aromatic rings. The van der Waals surface area contributed by atoms with Crippen LogP contribution in [0, 0.1) is 11.8 Å². The van der Waals surface area contributed by atoms with Crippen LogP contribution in [0.1, 0.15) is 27.7 Å². The lowest BCUT2D eigenvalue weighted by molar-refractivity contribution is -0.120. The van der Waals surface area contributed by atoms with E-state index in [1.165, 1.54) is 0 Å². The van der Waals surface area contributed by atoms with Crippen molar-refractivity contribution < 1.29 is 9.53 Å². The molecule has 0 aromatic heterocycles. The number of carbonyl (C=O) groups is 1. The van der Waals surface area contributed by atoms with Crippen LogP contribution in [0.15, 0.2) is 0 Å². The summed E-state index contributed by atoms with van der Waals surface area (Å²) in [5.74, 6) is 0.997. The quantitative estimate of drug-likeness (QED) is 0.654. The van der Waals surface area contributed by atoms with Gasteiger partial charge in [0.25, 0.3) is 0 Å². The van der Waals surface area contributed by atoms with E-state index in [4.69, 9.17) is 4.74 Å². The van der Waals surface area contributed by atoms with Crippen LogP contribution in [0.4, 0.5) is 0 Å². The minimum absolute atomic E-state index is 0.0513. The third-order valence-corrected chi connectivity index (χ3v) is 2.38. The van der Waals surface area contributed by atoms with Crippen molar-refractivity contribution in [3.63, 3.8) is 0 Å². The lowest BCUT2D eigenvalue weighted by Crippen LogP contribution is -2.44. The summed E-state index contributed by atoms with van der Waals surface area (Å²) in [6.07, 6.45) is 0. The fourth-order valence-electron chi connectivity index (χ4n) is 1.27. The van der Waals surface area contributed by atoms with Crippen molar-refractivity contribution in [2.45, 2.75) is 33.7 Å². The van der Waals surface area contributed by atoms with E-state index in [-0.39, 0.29) is 11.9 Å². The summed E-state index contributed by atoms with van der Waals surface area (Å²) in [6, 6.07) is 0.231. The molecule has 1 atom stereocenters. The molecule has 4 nitrogen and oxygen atoms in total. The van der Waals surface area contributed by atoms with Gasteiger partial charge in [-0.3, -0.25) is 4.79 Å². The first-order chi connectivity index (χ1) is 7.47. The fourth-order valence-corrected chi connectivity index (χ4v) is 1.27. The lowest BCUT2D eigenvalue weighted by atomic mass is 10.1. The number of hydrogen-bond donors (Lipinski definition) is 2. The number of nitrogens with one attached hydrogen (secondary N) is 2. The van der Waals surface area contributed by atoms with E-state index < -0.39 is 0 Å². The highest BCUT2D eigenvalue weighted by Crippen LogP contribution is 2.01. The van der Waals surface area contributed by atoms with Crippen molar-refractivity contribution in [3.8, 4) is 0 Å². The maximum atomic E-state index is 11.5. The van der Waals surface area contributed by atoms with Gasteiger partial charge >= 0.3 is 0 Å². The molecule has 4 heteroatoms. The molecule has 0 aliphatic carbocycles. The number of hydrogen-bond acceptors (Lipinski definition) is 3. The summed E-state index contributed by atoms with van der Waals surface area (Å²) in [5, 5.41) is 6.08. The second-order valence-corrected chi connectivity index (χ2v) is 4.88. The molecule has 1 unspecified atom stereocenters. The standard InChI is InChI=1S/C12H26N2O2/c1-9(2)6-14-12(15)7-13-11(8-16-5)10(3)4/h9-11,13H,6-8H2,1-5H3,(H,14,15). The van der Waals surface area contributed by atoms with Gasteiger partial charge in [0.05, 0.1) is 13.2 Å². The summed E-state index contributed by atoms with van der Waals surface area (Å²) in [4.78, 5) is 11.5. The third kappa shape index (κ3) is 7.65. The minimum atomic E-state index is 0.0513. The van der Waals surface area contributed by atoms with Crippen molar-refractivity contribution in [2.75, 3.05) is 26.8 Å². The zero-order valence-electron chi connectivity index (χ0n) is 11.2. The highest BCUT2D eigenvalue weighted by atomic mass is 16.5. The maximum Gasteiger partial charge on any atom is 0.233 e. The molecule has 0 radical (unpaired) electrons. The van der Waals surface area contributed by atoms with E-state index in [1.54, 1.807) is 7.11 Å². The largest absolute Gasteiger partial charge is 0.383 e. The molecule has 0 aromatic carbocycles. The minimum Gasteiger partial charge on any atom is -0.383 e. The summed E-state index contributed by atoms with van der Waals surface area (Å²) in [7, 11) is 1.68. The number of amides is 1. The van der Waals surface area contributed by atoms with Crippen LogP contribution < -0.4 is 10.6 Å². The van der Waals surface area contributed by atoms with E-state index in [9.17, 15) is 4.79 Å². The van der Waals surface area contributed by atoms with Crippen LogP contribution in [0.5, 0.6) is 0 Å². The van der Waals surface area contributed by atoms with Gasteiger partial charge in [0.1, 0.15) is 0 Å². The Hall–Kier alpha value is -0.610. The van der Waals surface area contributed by atoms with Gasteiger partial charge in [-0.15, -0.1) is 0 Å². The molecule has 0 rings (SSSR count). The monoisotopic (exact) mass is 230 g/mol. The summed E-state index contributed by atoms with van der Waals surface area (Å²) in [5.41, 5.74) is 0. The van der Waals surface area contributed by atoms with Crippen molar-refractivity contribution in [2.24, 2.45) is 11.8 Å². The molecule has 2 N–H and O–H groups in total. The molecule has 0 saturated carbocycles. The van der Waals surface area contributed by atoms with E-state index >= 15 is 0 Å². The lowest BCUT2D eigenvalue weighted by Gasteiger charge is -2.21. The van der Waals surface area contributed by atoms with Gasteiger partial charge in [-0.25, -0.2) is 0 Å². The van der Waals surface area contributed by atoms with Crippen LogP contribution in [-0.2, 0) is 9.53 Å². The van der Waals surface area contributed by atoms with Crippen LogP contribution in [0.2, 0.25) is 0 Å². The number of carbonyl (C=O) groups excluding carboxylic acids is 1. The second kappa shape index (κ2) is 8.53. The molecular weight excluding hydrogens is 204 g/mol. The molecule has 1 amide bonds. The third-order valence-electron chi connectivity index (χ3n) is 2.38. The van der Waals surface area contributed by atoms with Crippen molar-refractivity contribution in [1.29, 1.82) is 0 Å². The van der Waals surface area contributed by atoms with Gasteiger partial charge in [0.2, 0.25) is 5.91 Å². The topological polar surface area (TPSA) is 50.4 Å². The predicted octanol–water partition coefficient (Wildman–Crippen LogP) is 1.02. The summed E-state index contributed by atoms with van der Waals surface area (Å²) < 4.78 is 5.10. The van der Waals surface area contributed by atoms with Gasteiger partial charge in [-0.1, -0.05) is 27.7 Å². The van der Waals surface area contributed by atoms with Gasteiger partial charge in [-0.05, 0) is 11.8 Å². The molecule has 0 bridgehead atoms. The number of ether oxygens (including phenoxy) is 1. The normalized spacial score (nSPS) is 13.2. The molecular formula is C12H26N2O2. The van der Waals surface area contributed by atoms with Gasteiger partial charge in [-0.2, -0.15) is 0 Å². The van der Waals surface area contributed by atoms with E-state index in [0.29, 0.717) is 25.0 Å². The summed E-state index contributed by atoms with van der Waals surface area (Å²) in [6.45, 7) is 10.1. The van der Waals surface area contributed by atoms with Crippen LogP contribution >= 0.6 is 0 Å². The highest BCUT2D eigenvalue weighted by molar-refractivity contribution is 5.77. The molecule has 96 valence electrons. The smallest absolute Gasteiger partial charge is 0.233 e. The molecule has 0 aliphatic heterocycles. The van der Waals surface area contributed by atoms with Crippen LogP contribution in [0.3, 0.4) is 0 Å². The maximum absolute atomic E-state index is 11.5. The Morgan fingerprint density at radius 2 is 1.88 bits per heavy atom. The van der Waals surface area contributed by atoms with Crippen molar-refractivity contribution >= 4 is 5.91 Å². The Balaban J connectivity index is 3.78. The Morgan fingerprint density at radius 3 is 2.31 bits per heavy atom. The number of rotatable bonds is 8. The highest BCUT2D eigenvalue weighted by Gasteiger charge is 2.13. The Bertz CT molecular complexity index is 193. The van der Waals surface area contributed by atoms with Crippen molar-refractivity contribution in [3.05, 3.63) is 0 Å². The fraction of sp³-hybridized carbons (Fsp3) is 0.917. The van der Waals surface area contributed by atoms with E-state index in [1.807, 2.05) is 0 Å². The number of methoxy groups -OCH3 is 1. The van der Waals surface area contributed by atoms with E-state index in [0.717, 1.165) is 6.54 Å². The van der Waals surface area contributed by atoms with Gasteiger partial charge < -0.3 is 15.4 Å². The Labute approximate surface area is 99.1 Å². The molecule has 0 saturated heterocycles. The van der Waals surface area contributed by atoms with Crippen molar-refractivity contribution in [1.82, 2.24) is 10.6 Å².